The fourth-order valence-corrected chi connectivity index (χ4v) is 2.31. The summed E-state index contributed by atoms with van der Waals surface area (Å²) in [6.45, 7) is 0. The SMILES string of the molecule is O=C(O)C(Nc1ccccc1Br)c1cccc(Cl)c1. The second-order valence-electron chi connectivity index (χ2n) is 3.95. The van der Waals surface area contributed by atoms with Crippen LogP contribution < -0.4 is 5.32 Å². The van der Waals surface area contributed by atoms with Crippen LogP contribution in [0.4, 0.5) is 5.69 Å². The third-order valence-corrected chi connectivity index (χ3v) is 3.53. The molecule has 2 rings (SSSR count). The van der Waals surface area contributed by atoms with Crippen molar-refractivity contribution < 1.29 is 9.90 Å². The van der Waals surface area contributed by atoms with Crippen LogP contribution >= 0.6 is 27.5 Å². The van der Waals surface area contributed by atoms with Gasteiger partial charge in [-0.05, 0) is 45.8 Å². The highest BCUT2D eigenvalue weighted by Gasteiger charge is 2.20. The molecule has 2 N–H and O–H groups in total. The second kappa shape index (κ2) is 6.08. The third kappa shape index (κ3) is 3.49. The highest BCUT2D eigenvalue weighted by Crippen LogP contribution is 2.27. The predicted octanol–water partition coefficient (Wildman–Crippen LogP) is 4.34. The fourth-order valence-electron chi connectivity index (χ4n) is 1.71. The standard InChI is InChI=1S/C14H11BrClNO2/c15-11-6-1-2-7-12(11)17-13(14(18)19)9-4-3-5-10(16)8-9/h1-8,13,17H,(H,18,19). The van der Waals surface area contributed by atoms with Crippen LogP contribution in [0.15, 0.2) is 53.0 Å². The van der Waals surface area contributed by atoms with Gasteiger partial charge in [-0.1, -0.05) is 35.9 Å². The number of aliphatic carboxylic acids is 1. The molecule has 0 aliphatic rings. The highest BCUT2D eigenvalue weighted by molar-refractivity contribution is 9.10. The van der Waals surface area contributed by atoms with Crippen molar-refractivity contribution in [1.82, 2.24) is 0 Å². The Morgan fingerprint density at radius 3 is 2.58 bits per heavy atom. The van der Waals surface area contributed by atoms with Gasteiger partial charge in [0.1, 0.15) is 0 Å². The van der Waals surface area contributed by atoms with Crippen molar-refractivity contribution in [2.75, 3.05) is 5.32 Å². The molecule has 0 spiro atoms. The number of carbonyl (C=O) groups is 1. The number of benzene rings is 2. The molecule has 0 aromatic heterocycles. The van der Waals surface area contributed by atoms with E-state index < -0.39 is 12.0 Å². The Labute approximate surface area is 124 Å². The lowest BCUT2D eigenvalue weighted by molar-refractivity contribution is -0.138. The molecule has 0 radical (unpaired) electrons. The highest BCUT2D eigenvalue weighted by atomic mass is 79.9. The first-order valence-electron chi connectivity index (χ1n) is 5.57. The molecule has 2 aromatic carbocycles. The average Bonchev–Trinajstić information content (AvgIpc) is 2.37. The van der Waals surface area contributed by atoms with E-state index in [1.54, 1.807) is 24.3 Å². The van der Waals surface area contributed by atoms with E-state index in [9.17, 15) is 9.90 Å². The van der Waals surface area contributed by atoms with E-state index in [1.165, 1.54) is 0 Å². The largest absolute Gasteiger partial charge is 0.479 e. The molecule has 0 aliphatic carbocycles. The summed E-state index contributed by atoms with van der Waals surface area (Å²) in [5.74, 6) is -0.960. The first kappa shape index (κ1) is 13.9. The van der Waals surface area contributed by atoms with Crippen LogP contribution in [0.25, 0.3) is 0 Å². The van der Waals surface area contributed by atoms with Crippen molar-refractivity contribution in [2.24, 2.45) is 0 Å². The topological polar surface area (TPSA) is 49.3 Å². The monoisotopic (exact) mass is 339 g/mol. The van der Waals surface area contributed by atoms with E-state index in [2.05, 4.69) is 21.2 Å². The van der Waals surface area contributed by atoms with Crippen molar-refractivity contribution in [3.05, 3.63) is 63.6 Å². The number of hydrogen-bond acceptors (Lipinski definition) is 2. The number of nitrogens with one attached hydrogen (secondary N) is 1. The Morgan fingerprint density at radius 1 is 1.21 bits per heavy atom. The molecule has 0 fully saturated rings. The van der Waals surface area contributed by atoms with Gasteiger partial charge in [0.05, 0.1) is 0 Å². The van der Waals surface area contributed by atoms with E-state index >= 15 is 0 Å². The Morgan fingerprint density at radius 2 is 1.95 bits per heavy atom. The van der Waals surface area contributed by atoms with Gasteiger partial charge in [0, 0.05) is 15.2 Å². The van der Waals surface area contributed by atoms with Crippen LogP contribution in [-0.2, 0) is 4.79 Å². The zero-order valence-corrected chi connectivity index (χ0v) is 12.1. The Kier molecular flexibility index (Phi) is 4.45. The first-order chi connectivity index (χ1) is 9.08. The number of para-hydroxylation sites is 1. The number of halogens is 2. The summed E-state index contributed by atoms with van der Waals surface area (Å²) in [5.41, 5.74) is 1.32. The van der Waals surface area contributed by atoms with Gasteiger partial charge in [0.25, 0.3) is 0 Å². The molecule has 0 saturated heterocycles. The Balaban J connectivity index is 2.32. The number of carboxylic acids is 1. The fraction of sp³-hybridized carbons (Fsp3) is 0.0714. The second-order valence-corrected chi connectivity index (χ2v) is 5.24. The van der Waals surface area contributed by atoms with Crippen molar-refractivity contribution in [3.63, 3.8) is 0 Å². The van der Waals surface area contributed by atoms with Gasteiger partial charge in [-0.3, -0.25) is 0 Å². The molecule has 0 amide bonds. The van der Waals surface area contributed by atoms with Gasteiger partial charge in [-0.2, -0.15) is 0 Å². The van der Waals surface area contributed by atoms with Crippen LogP contribution in [-0.4, -0.2) is 11.1 Å². The number of rotatable bonds is 4. The minimum absolute atomic E-state index is 0.512. The number of anilines is 1. The lowest BCUT2D eigenvalue weighted by Crippen LogP contribution is -2.20. The summed E-state index contributed by atoms with van der Waals surface area (Å²) in [5, 5.41) is 12.8. The predicted molar refractivity (Wildman–Crippen MR) is 79.6 cm³/mol. The van der Waals surface area contributed by atoms with Crippen LogP contribution in [0.1, 0.15) is 11.6 Å². The van der Waals surface area contributed by atoms with E-state index in [1.807, 2.05) is 24.3 Å². The summed E-state index contributed by atoms with van der Waals surface area (Å²) in [4.78, 5) is 11.4. The maximum atomic E-state index is 11.4. The van der Waals surface area contributed by atoms with E-state index in [-0.39, 0.29) is 0 Å². The van der Waals surface area contributed by atoms with Gasteiger partial charge in [-0.15, -0.1) is 0 Å². The van der Waals surface area contributed by atoms with Crippen molar-refractivity contribution in [1.29, 1.82) is 0 Å². The molecule has 3 nitrogen and oxygen atoms in total. The first-order valence-corrected chi connectivity index (χ1v) is 6.74. The molecule has 19 heavy (non-hydrogen) atoms. The molecule has 0 aliphatic heterocycles. The maximum Gasteiger partial charge on any atom is 0.330 e. The molecule has 2 aromatic rings. The summed E-state index contributed by atoms with van der Waals surface area (Å²) in [6.07, 6.45) is 0. The van der Waals surface area contributed by atoms with Crippen LogP contribution in [0.3, 0.4) is 0 Å². The third-order valence-electron chi connectivity index (χ3n) is 2.60. The van der Waals surface area contributed by atoms with E-state index in [0.717, 1.165) is 10.2 Å². The minimum Gasteiger partial charge on any atom is -0.479 e. The molecule has 0 bridgehead atoms. The molecular formula is C14H11BrClNO2. The molecule has 1 atom stereocenters. The average molecular weight is 341 g/mol. The van der Waals surface area contributed by atoms with Crippen molar-refractivity contribution >= 4 is 39.2 Å². The lowest BCUT2D eigenvalue weighted by atomic mass is 10.1. The molecular weight excluding hydrogens is 330 g/mol. The Hall–Kier alpha value is -1.52. The van der Waals surface area contributed by atoms with Gasteiger partial charge < -0.3 is 10.4 Å². The van der Waals surface area contributed by atoms with E-state index in [0.29, 0.717) is 10.6 Å². The molecule has 5 heteroatoms. The molecule has 0 heterocycles. The zero-order valence-electron chi connectivity index (χ0n) is 9.81. The number of carboxylic acid groups (broad SMARTS) is 1. The summed E-state index contributed by atoms with van der Waals surface area (Å²) in [6, 6.07) is 13.3. The number of hydrogen-bond donors (Lipinski definition) is 2. The summed E-state index contributed by atoms with van der Waals surface area (Å²) < 4.78 is 0.809. The maximum absolute atomic E-state index is 11.4. The van der Waals surface area contributed by atoms with Crippen molar-refractivity contribution in [3.8, 4) is 0 Å². The van der Waals surface area contributed by atoms with E-state index in [4.69, 9.17) is 11.6 Å². The van der Waals surface area contributed by atoms with Gasteiger partial charge >= 0.3 is 5.97 Å². The van der Waals surface area contributed by atoms with Crippen molar-refractivity contribution in [2.45, 2.75) is 6.04 Å². The quantitative estimate of drug-likeness (QED) is 0.870. The van der Waals surface area contributed by atoms with Gasteiger partial charge in [0.15, 0.2) is 6.04 Å². The van der Waals surface area contributed by atoms with Crippen LogP contribution in [0, 0.1) is 0 Å². The summed E-state index contributed by atoms with van der Waals surface area (Å²) >= 11 is 9.28. The lowest BCUT2D eigenvalue weighted by Gasteiger charge is -2.17. The molecule has 0 saturated carbocycles. The zero-order chi connectivity index (χ0) is 13.8. The molecule has 1 unspecified atom stereocenters. The molecule has 98 valence electrons. The summed E-state index contributed by atoms with van der Waals surface area (Å²) in [7, 11) is 0. The Bertz CT molecular complexity index is 604. The smallest absolute Gasteiger partial charge is 0.330 e. The van der Waals surface area contributed by atoms with Gasteiger partial charge in [-0.25, -0.2) is 4.79 Å². The van der Waals surface area contributed by atoms with Crippen LogP contribution in [0.2, 0.25) is 5.02 Å². The minimum atomic E-state index is -0.960. The van der Waals surface area contributed by atoms with Gasteiger partial charge in [0.2, 0.25) is 0 Å². The normalized spacial score (nSPS) is 11.9. The van der Waals surface area contributed by atoms with Crippen LogP contribution in [0.5, 0.6) is 0 Å².